The van der Waals surface area contributed by atoms with E-state index < -0.39 is 0 Å². The molecule has 1 aliphatic rings. The van der Waals surface area contributed by atoms with Crippen LogP contribution < -0.4 is 10.1 Å². The summed E-state index contributed by atoms with van der Waals surface area (Å²) in [5.74, 6) is 0.444. The molecule has 7 nitrogen and oxygen atoms in total. The van der Waals surface area contributed by atoms with Crippen LogP contribution in [0.4, 0.5) is 10.6 Å². The zero-order valence-electron chi connectivity index (χ0n) is 13.2. The molecule has 122 valence electrons. The van der Waals surface area contributed by atoms with Gasteiger partial charge in [0.05, 0.1) is 13.2 Å². The monoisotopic (exact) mass is 308 g/mol. The van der Waals surface area contributed by atoms with E-state index in [0.29, 0.717) is 12.4 Å². The number of nitrogens with zero attached hydrogens (tertiary/aromatic N) is 3. The van der Waals surface area contributed by atoms with Crippen LogP contribution >= 0.6 is 0 Å². The number of nitrogens with one attached hydrogen (secondary N) is 1. The molecule has 2 amide bonds. The first-order valence-corrected chi connectivity index (χ1v) is 7.77. The summed E-state index contributed by atoms with van der Waals surface area (Å²) in [6.07, 6.45) is 5.67. The van der Waals surface area contributed by atoms with Gasteiger partial charge in [0.15, 0.2) is 0 Å². The molecule has 1 N–H and O–H groups in total. The normalized spacial score (nSPS) is 18.6. The molecule has 1 unspecified atom stereocenters. The van der Waals surface area contributed by atoms with Crippen LogP contribution in [-0.4, -0.2) is 53.8 Å². The minimum absolute atomic E-state index is 0.142. The number of amides is 2. The zero-order valence-corrected chi connectivity index (χ0v) is 13.2. The van der Waals surface area contributed by atoms with E-state index in [4.69, 9.17) is 9.47 Å². The van der Waals surface area contributed by atoms with Crippen LogP contribution in [-0.2, 0) is 4.74 Å². The van der Waals surface area contributed by atoms with Crippen LogP contribution in [0.2, 0.25) is 0 Å². The second kappa shape index (κ2) is 8.53. The lowest BCUT2D eigenvalue weighted by atomic mass is 10.2. The Labute approximate surface area is 131 Å². The van der Waals surface area contributed by atoms with E-state index in [-0.39, 0.29) is 18.1 Å². The zero-order chi connectivity index (χ0) is 15.8. The van der Waals surface area contributed by atoms with Crippen molar-refractivity contribution in [1.29, 1.82) is 0 Å². The number of urea groups is 1. The van der Waals surface area contributed by atoms with Crippen molar-refractivity contribution in [3.63, 3.8) is 0 Å². The Hall–Kier alpha value is -1.89. The molecule has 1 aliphatic heterocycles. The fraction of sp³-hybridized carbons (Fsp3) is 0.667. The molecule has 2 heterocycles. The minimum atomic E-state index is -0.142. The molecule has 7 heteroatoms. The third-order valence-electron chi connectivity index (χ3n) is 3.57. The fourth-order valence-electron chi connectivity index (χ4n) is 2.42. The molecular weight excluding hydrogens is 284 g/mol. The number of rotatable bonds is 5. The highest BCUT2D eigenvalue weighted by Crippen LogP contribution is 2.16. The number of likely N-dealkylation sites (tertiary alicyclic amines) is 1. The van der Waals surface area contributed by atoms with Gasteiger partial charge in [-0.05, 0) is 31.7 Å². The lowest BCUT2D eigenvalue weighted by molar-refractivity contribution is 0.0446. The lowest BCUT2D eigenvalue weighted by Crippen LogP contribution is -2.36. The van der Waals surface area contributed by atoms with Crippen molar-refractivity contribution < 1.29 is 14.3 Å². The van der Waals surface area contributed by atoms with Gasteiger partial charge >= 0.3 is 12.0 Å². The van der Waals surface area contributed by atoms with Gasteiger partial charge in [-0.3, -0.25) is 5.32 Å². The standard InChI is InChI=1S/C15H24N4O3/c1-3-11-22-12-5-4-9-19(10-7-12)15(20)18-13-6-8-16-14(17-13)21-2/h6,8,12H,3-5,7,9-11H2,1-2H3,(H,16,17,18,20). The van der Waals surface area contributed by atoms with Crippen LogP contribution in [0.3, 0.4) is 0 Å². The molecule has 0 spiro atoms. The molecule has 0 bridgehead atoms. The Kier molecular flexibility index (Phi) is 6.39. The maximum Gasteiger partial charge on any atom is 0.323 e. The molecule has 1 aromatic rings. The average Bonchev–Trinajstić information content (AvgIpc) is 2.78. The van der Waals surface area contributed by atoms with Crippen LogP contribution in [0.25, 0.3) is 0 Å². The smallest absolute Gasteiger partial charge is 0.323 e. The predicted molar refractivity (Wildman–Crippen MR) is 83.1 cm³/mol. The van der Waals surface area contributed by atoms with E-state index in [1.807, 2.05) is 4.90 Å². The van der Waals surface area contributed by atoms with E-state index in [0.717, 1.165) is 38.8 Å². The number of aromatic nitrogens is 2. The van der Waals surface area contributed by atoms with Crippen LogP contribution in [0.1, 0.15) is 32.6 Å². The van der Waals surface area contributed by atoms with Crippen molar-refractivity contribution >= 4 is 11.8 Å². The van der Waals surface area contributed by atoms with E-state index >= 15 is 0 Å². The van der Waals surface area contributed by atoms with Gasteiger partial charge < -0.3 is 14.4 Å². The van der Waals surface area contributed by atoms with Gasteiger partial charge in [-0.15, -0.1) is 0 Å². The van der Waals surface area contributed by atoms with Gasteiger partial charge in [-0.1, -0.05) is 6.92 Å². The molecule has 1 fully saturated rings. The molecule has 1 aromatic heterocycles. The predicted octanol–water partition coefficient (Wildman–Crippen LogP) is 2.30. The minimum Gasteiger partial charge on any atom is -0.467 e. The maximum atomic E-state index is 12.3. The Morgan fingerprint density at radius 2 is 2.32 bits per heavy atom. The molecule has 1 saturated heterocycles. The second-order valence-electron chi connectivity index (χ2n) is 5.27. The van der Waals surface area contributed by atoms with Crippen molar-refractivity contribution in [2.75, 3.05) is 32.1 Å². The molecule has 0 aromatic carbocycles. The topological polar surface area (TPSA) is 76.6 Å². The number of hydrogen-bond donors (Lipinski definition) is 1. The Morgan fingerprint density at radius 1 is 1.45 bits per heavy atom. The first-order chi connectivity index (χ1) is 10.7. The number of methoxy groups -OCH3 is 1. The largest absolute Gasteiger partial charge is 0.467 e. The Morgan fingerprint density at radius 3 is 3.09 bits per heavy atom. The molecule has 22 heavy (non-hydrogen) atoms. The molecule has 1 atom stereocenters. The van der Waals surface area contributed by atoms with Gasteiger partial charge in [0.2, 0.25) is 0 Å². The van der Waals surface area contributed by atoms with Crippen molar-refractivity contribution in [3.05, 3.63) is 12.3 Å². The summed E-state index contributed by atoms with van der Waals surface area (Å²) >= 11 is 0. The fourth-order valence-corrected chi connectivity index (χ4v) is 2.42. The van der Waals surface area contributed by atoms with E-state index in [9.17, 15) is 4.79 Å². The van der Waals surface area contributed by atoms with Crippen LogP contribution in [0.15, 0.2) is 12.3 Å². The molecule has 0 aliphatic carbocycles. The lowest BCUT2D eigenvalue weighted by Gasteiger charge is -2.21. The number of ether oxygens (including phenoxy) is 2. The SMILES string of the molecule is CCCOC1CCCN(C(=O)Nc2ccnc(OC)n2)CC1. The highest BCUT2D eigenvalue weighted by Gasteiger charge is 2.21. The number of hydrogen-bond acceptors (Lipinski definition) is 5. The second-order valence-corrected chi connectivity index (χ2v) is 5.27. The average molecular weight is 308 g/mol. The Bertz CT molecular complexity index is 484. The van der Waals surface area contributed by atoms with Gasteiger partial charge in [0.1, 0.15) is 5.82 Å². The van der Waals surface area contributed by atoms with Crippen molar-refractivity contribution in [3.8, 4) is 6.01 Å². The van der Waals surface area contributed by atoms with Gasteiger partial charge in [-0.2, -0.15) is 4.98 Å². The van der Waals surface area contributed by atoms with Gasteiger partial charge in [-0.25, -0.2) is 9.78 Å². The summed E-state index contributed by atoms with van der Waals surface area (Å²) in [4.78, 5) is 22.1. The first kappa shape index (κ1) is 16.5. The molecule has 0 saturated carbocycles. The van der Waals surface area contributed by atoms with E-state index in [1.54, 1.807) is 12.3 Å². The third kappa shape index (κ3) is 4.84. The molecule has 0 radical (unpaired) electrons. The Balaban J connectivity index is 1.86. The summed E-state index contributed by atoms with van der Waals surface area (Å²) in [6, 6.07) is 1.74. The van der Waals surface area contributed by atoms with Gasteiger partial charge in [0.25, 0.3) is 0 Å². The van der Waals surface area contributed by atoms with Crippen molar-refractivity contribution in [2.24, 2.45) is 0 Å². The summed E-state index contributed by atoms with van der Waals surface area (Å²) < 4.78 is 10.7. The quantitative estimate of drug-likeness (QED) is 0.903. The van der Waals surface area contributed by atoms with Crippen molar-refractivity contribution in [1.82, 2.24) is 14.9 Å². The summed E-state index contributed by atoms with van der Waals surface area (Å²) in [6.45, 7) is 4.33. The summed E-state index contributed by atoms with van der Waals surface area (Å²) in [7, 11) is 1.49. The van der Waals surface area contributed by atoms with E-state index in [1.165, 1.54) is 7.11 Å². The highest BCUT2D eigenvalue weighted by molar-refractivity contribution is 5.88. The number of anilines is 1. The maximum absolute atomic E-state index is 12.3. The highest BCUT2D eigenvalue weighted by atomic mass is 16.5. The van der Waals surface area contributed by atoms with Crippen molar-refractivity contribution in [2.45, 2.75) is 38.7 Å². The molecule has 2 rings (SSSR count). The first-order valence-electron chi connectivity index (χ1n) is 7.77. The third-order valence-corrected chi connectivity index (χ3v) is 3.57. The van der Waals surface area contributed by atoms with E-state index in [2.05, 4.69) is 22.2 Å². The van der Waals surface area contributed by atoms with Gasteiger partial charge in [0, 0.05) is 25.9 Å². The number of carbonyl (C=O) groups excluding carboxylic acids is 1. The van der Waals surface area contributed by atoms with Crippen LogP contribution in [0, 0.1) is 0 Å². The molecular formula is C15H24N4O3. The summed E-state index contributed by atoms with van der Waals surface area (Å²) in [5.41, 5.74) is 0. The summed E-state index contributed by atoms with van der Waals surface area (Å²) in [5, 5.41) is 2.79. The number of carbonyl (C=O) groups is 1. The van der Waals surface area contributed by atoms with Crippen LogP contribution in [0.5, 0.6) is 6.01 Å².